The molecule has 0 spiro atoms. The molecule has 5 heteroatoms. The van der Waals surface area contributed by atoms with Gasteiger partial charge in [-0.2, -0.15) is 0 Å². The van der Waals surface area contributed by atoms with Gasteiger partial charge in [-0.1, -0.05) is 48.5 Å². The van der Waals surface area contributed by atoms with Crippen LogP contribution in [0.2, 0.25) is 0 Å². The van der Waals surface area contributed by atoms with Crippen LogP contribution in [-0.4, -0.2) is 15.0 Å². The minimum atomic E-state index is -0.303. The fourth-order valence-electron chi connectivity index (χ4n) is 3.38. The molecule has 3 aromatic carbocycles. The van der Waals surface area contributed by atoms with Crippen molar-refractivity contribution in [2.75, 3.05) is 0 Å². The Bertz CT molecular complexity index is 1330. The molecule has 5 aromatic rings. The molecule has 0 saturated heterocycles. The lowest BCUT2D eigenvalue weighted by atomic mass is 10.0. The molecule has 1 N–H and O–H groups in total. The van der Waals surface area contributed by atoms with Gasteiger partial charge in [-0.15, -0.1) is 0 Å². The van der Waals surface area contributed by atoms with Gasteiger partial charge in [0.15, 0.2) is 0 Å². The van der Waals surface area contributed by atoms with E-state index in [2.05, 4.69) is 32.0 Å². The number of benzene rings is 3. The maximum Gasteiger partial charge on any atom is 0.138 e. The summed E-state index contributed by atoms with van der Waals surface area (Å²) in [6.07, 6.45) is 1.84. The molecule has 0 saturated carbocycles. The van der Waals surface area contributed by atoms with Gasteiger partial charge in [-0.25, -0.2) is 9.37 Å². The van der Waals surface area contributed by atoms with E-state index in [1.165, 1.54) is 6.07 Å². The molecule has 0 fully saturated rings. The van der Waals surface area contributed by atoms with Crippen LogP contribution in [0.4, 0.5) is 4.39 Å². The van der Waals surface area contributed by atoms with Crippen LogP contribution in [0.3, 0.4) is 0 Å². The maximum atomic E-state index is 13.7. The van der Waals surface area contributed by atoms with Gasteiger partial charge in [-0.3, -0.25) is 4.98 Å². The van der Waals surface area contributed by atoms with Crippen molar-refractivity contribution in [2.24, 2.45) is 0 Å². The number of aromatic amines is 1. The Balaban J connectivity index is 1.72. The molecule has 3 nitrogen and oxygen atoms in total. The Morgan fingerprint density at radius 3 is 2.41 bits per heavy atom. The Hall–Kier alpha value is -3.31. The molecule has 2 heterocycles. The monoisotopic (exact) mass is 443 g/mol. The third kappa shape index (κ3) is 3.34. The van der Waals surface area contributed by atoms with Crippen LogP contribution < -0.4 is 0 Å². The Morgan fingerprint density at radius 2 is 1.59 bits per heavy atom. The zero-order valence-electron chi connectivity index (χ0n) is 15.2. The standard InChI is InChI=1S/C24H15BrFN3/c25-19-13-17(10-11-20(19)26)24-28-22(15-6-2-1-3-7-15)23(29-24)18-12-16-8-4-5-9-21(16)27-14-18/h1-14H,(H,28,29). The number of hydrogen-bond acceptors (Lipinski definition) is 2. The highest BCUT2D eigenvalue weighted by Gasteiger charge is 2.16. The van der Waals surface area contributed by atoms with Crippen molar-refractivity contribution in [3.05, 3.63) is 95.3 Å². The summed E-state index contributed by atoms with van der Waals surface area (Å²) in [6.45, 7) is 0. The van der Waals surface area contributed by atoms with Crippen LogP contribution in [0.1, 0.15) is 0 Å². The van der Waals surface area contributed by atoms with Gasteiger partial charge in [-0.05, 0) is 46.3 Å². The van der Waals surface area contributed by atoms with E-state index >= 15 is 0 Å². The summed E-state index contributed by atoms with van der Waals surface area (Å²) in [4.78, 5) is 12.9. The number of fused-ring (bicyclic) bond motifs is 1. The highest BCUT2D eigenvalue weighted by Crippen LogP contribution is 2.34. The molecule has 29 heavy (non-hydrogen) atoms. The summed E-state index contributed by atoms with van der Waals surface area (Å²) in [5.74, 6) is 0.371. The topological polar surface area (TPSA) is 41.6 Å². The fraction of sp³-hybridized carbons (Fsp3) is 0. The number of nitrogens with zero attached hydrogens (tertiary/aromatic N) is 2. The van der Waals surface area contributed by atoms with Gasteiger partial charge in [0, 0.05) is 28.3 Å². The number of pyridine rings is 1. The molecule has 0 aliphatic rings. The summed E-state index contributed by atoms with van der Waals surface area (Å²) >= 11 is 3.26. The average molecular weight is 444 g/mol. The number of H-pyrrole nitrogens is 1. The summed E-state index contributed by atoms with van der Waals surface area (Å²) in [5.41, 5.74) is 5.40. The lowest BCUT2D eigenvalue weighted by Gasteiger charge is -2.04. The molecule has 0 radical (unpaired) electrons. The predicted octanol–water partition coefficient (Wildman–Crippen LogP) is 6.86. The summed E-state index contributed by atoms with van der Waals surface area (Å²) in [7, 11) is 0. The van der Waals surface area contributed by atoms with Gasteiger partial charge in [0.05, 0.1) is 21.4 Å². The van der Waals surface area contributed by atoms with E-state index in [0.717, 1.165) is 39.0 Å². The summed E-state index contributed by atoms with van der Waals surface area (Å²) in [5, 5.41) is 1.05. The molecule has 5 rings (SSSR count). The van der Waals surface area contributed by atoms with E-state index < -0.39 is 0 Å². The van der Waals surface area contributed by atoms with Crippen molar-refractivity contribution in [1.82, 2.24) is 15.0 Å². The van der Waals surface area contributed by atoms with Crippen molar-refractivity contribution >= 4 is 26.8 Å². The Morgan fingerprint density at radius 1 is 0.793 bits per heavy atom. The average Bonchev–Trinajstić information content (AvgIpc) is 3.21. The second kappa shape index (κ2) is 7.26. The van der Waals surface area contributed by atoms with Crippen molar-refractivity contribution in [2.45, 2.75) is 0 Å². The Kier molecular flexibility index (Phi) is 4.45. The first-order chi connectivity index (χ1) is 14.2. The number of rotatable bonds is 3. The SMILES string of the molecule is Fc1ccc(-c2nc(-c3cnc4ccccc4c3)c(-c3ccccc3)[nH]2)cc1Br. The van der Waals surface area contributed by atoms with Gasteiger partial charge in [0.2, 0.25) is 0 Å². The first-order valence-corrected chi connectivity index (χ1v) is 9.94. The van der Waals surface area contributed by atoms with Crippen molar-refractivity contribution in [3.63, 3.8) is 0 Å². The molecular formula is C24H15BrFN3. The second-order valence-electron chi connectivity index (χ2n) is 6.72. The first-order valence-electron chi connectivity index (χ1n) is 9.15. The number of aromatic nitrogens is 3. The molecule has 0 bridgehead atoms. The van der Waals surface area contributed by atoms with Crippen LogP contribution in [0.5, 0.6) is 0 Å². The molecular weight excluding hydrogens is 429 g/mol. The van der Waals surface area contributed by atoms with Gasteiger partial charge >= 0.3 is 0 Å². The lowest BCUT2D eigenvalue weighted by molar-refractivity contribution is 0.621. The quantitative estimate of drug-likeness (QED) is 0.330. The number of imidazole rings is 1. The van der Waals surface area contributed by atoms with Crippen LogP contribution in [0.15, 0.2) is 89.5 Å². The highest BCUT2D eigenvalue weighted by molar-refractivity contribution is 9.10. The fourth-order valence-corrected chi connectivity index (χ4v) is 3.76. The van der Waals surface area contributed by atoms with E-state index in [1.807, 2.05) is 60.8 Å². The molecule has 2 aromatic heterocycles. The lowest BCUT2D eigenvalue weighted by Crippen LogP contribution is -1.86. The summed E-state index contributed by atoms with van der Waals surface area (Å²) in [6, 6.07) is 25.0. The molecule has 0 unspecified atom stereocenters. The minimum Gasteiger partial charge on any atom is -0.337 e. The zero-order valence-corrected chi connectivity index (χ0v) is 16.8. The Labute approximate surface area is 175 Å². The largest absolute Gasteiger partial charge is 0.337 e. The smallest absolute Gasteiger partial charge is 0.138 e. The highest BCUT2D eigenvalue weighted by atomic mass is 79.9. The molecule has 0 amide bonds. The molecule has 140 valence electrons. The van der Waals surface area contributed by atoms with Crippen molar-refractivity contribution in [1.29, 1.82) is 0 Å². The molecule has 0 aliphatic carbocycles. The van der Waals surface area contributed by atoms with Gasteiger partial charge in [0.1, 0.15) is 11.6 Å². The third-order valence-electron chi connectivity index (χ3n) is 4.82. The van der Waals surface area contributed by atoms with Gasteiger partial charge in [0.25, 0.3) is 0 Å². The van der Waals surface area contributed by atoms with Crippen LogP contribution >= 0.6 is 15.9 Å². The normalized spacial score (nSPS) is 11.1. The minimum absolute atomic E-state index is 0.303. The van der Waals surface area contributed by atoms with Crippen molar-refractivity contribution in [3.8, 4) is 33.9 Å². The van der Waals surface area contributed by atoms with E-state index in [4.69, 9.17) is 4.98 Å². The van der Waals surface area contributed by atoms with E-state index in [-0.39, 0.29) is 5.82 Å². The second-order valence-corrected chi connectivity index (χ2v) is 7.57. The van der Waals surface area contributed by atoms with E-state index in [1.54, 1.807) is 12.1 Å². The van der Waals surface area contributed by atoms with Gasteiger partial charge < -0.3 is 4.98 Å². The first kappa shape index (κ1) is 17.8. The van der Waals surface area contributed by atoms with Crippen LogP contribution in [0.25, 0.3) is 44.8 Å². The molecule has 0 aliphatic heterocycles. The van der Waals surface area contributed by atoms with Crippen molar-refractivity contribution < 1.29 is 4.39 Å². The number of halogens is 2. The third-order valence-corrected chi connectivity index (χ3v) is 5.43. The van der Waals surface area contributed by atoms with Crippen LogP contribution in [0, 0.1) is 5.82 Å². The summed E-state index contributed by atoms with van der Waals surface area (Å²) < 4.78 is 14.1. The van der Waals surface area contributed by atoms with E-state index in [9.17, 15) is 4.39 Å². The number of hydrogen-bond donors (Lipinski definition) is 1. The zero-order chi connectivity index (χ0) is 19.8. The maximum absolute atomic E-state index is 13.7. The van der Waals surface area contributed by atoms with E-state index in [0.29, 0.717) is 10.3 Å². The predicted molar refractivity (Wildman–Crippen MR) is 118 cm³/mol. The van der Waals surface area contributed by atoms with Crippen LogP contribution in [-0.2, 0) is 0 Å². The number of para-hydroxylation sites is 1. The number of nitrogens with one attached hydrogen (secondary N) is 1. The molecule has 0 atom stereocenters.